The molecule has 1 heterocycles. The Balaban J connectivity index is 2.00. The molecule has 0 aliphatic rings. The number of rotatable bonds is 5. The number of thiophene rings is 1. The van der Waals surface area contributed by atoms with Gasteiger partial charge in [-0.25, -0.2) is 0 Å². The molecular weight excluding hydrogens is 215 g/mol. The molecule has 1 N–H and O–H groups in total. The summed E-state index contributed by atoms with van der Waals surface area (Å²) in [6, 6.07) is 3.82. The van der Waals surface area contributed by atoms with E-state index in [0.717, 1.165) is 4.88 Å². The van der Waals surface area contributed by atoms with Crippen LogP contribution in [0.25, 0.3) is 0 Å². The molecule has 0 atom stereocenters. The molecule has 1 aromatic rings. The fraction of sp³-hybridized carbons (Fsp3) is 0.500. The zero-order valence-corrected chi connectivity index (χ0v) is 8.12. The van der Waals surface area contributed by atoms with E-state index in [0.29, 0.717) is 6.54 Å². The first kappa shape index (κ1) is 11.5. The topological polar surface area (TPSA) is 21.3 Å². The van der Waals surface area contributed by atoms with Gasteiger partial charge in [-0.15, -0.1) is 24.5 Å². The number of hydrogen-bond acceptors (Lipinski definition) is 3. The molecule has 0 fully saturated rings. The maximum Gasteiger partial charge on any atom is 0.522 e. The van der Waals surface area contributed by atoms with Gasteiger partial charge in [0.25, 0.3) is 0 Å². The minimum Gasteiger partial charge on any atom is -0.310 e. The van der Waals surface area contributed by atoms with E-state index in [4.69, 9.17) is 0 Å². The highest BCUT2D eigenvalue weighted by molar-refractivity contribution is 7.09. The van der Waals surface area contributed by atoms with Gasteiger partial charge >= 0.3 is 6.36 Å². The second kappa shape index (κ2) is 5.33. The van der Waals surface area contributed by atoms with Crippen LogP contribution in [0.4, 0.5) is 13.2 Å². The van der Waals surface area contributed by atoms with Crippen LogP contribution in [0.3, 0.4) is 0 Å². The third kappa shape index (κ3) is 5.21. The van der Waals surface area contributed by atoms with Crippen molar-refractivity contribution in [1.29, 1.82) is 0 Å². The highest BCUT2D eigenvalue weighted by atomic mass is 32.1. The summed E-state index contributed by atoms with van der Waals surface area (Å²) in [6.07, 6.45) is -4.52. The molecule has 2 nitrogen and oxygen atoms in total. The van der Waals surface area contributed by atoms with E-state index in [-0.39, 0.29) is 13.2 Å². The summed E-state index contributed by atoms with van der Waals surface area (Å²) in [6.45, 7) is 0.422. The third-order valence-electron chi connectivity index (χ3n) is 1.42. The van der Waals surface area contributed by atoms with E-state index in [2.05, 4.69) is 10.1 Å². The molecule has 1 rings (SSSR count). The lowest BCUT2D eigenvalue weighted by Crippen LogP contribution is -2.23. The van der Waals surface area contributed by atoms with Crippen molar-refractivity contribution in [1.82, 2.24) is 5.32 Å². The quantitative estimate of drug-likeness (QED) is 0.777. The molecule has 0 spiro atoms. The van der Waals surface area contributed by atoms with E-state index < -0.39 is 6.36 Å². The van der Waals surface area contributed by atoms with E-state index in [1.807, 2.05) is 17.5 Å². The Bertz CT molecular complexity index is 248. The third-order valence-corrected chi connectivity index (χ3v) is 2.30. The summed E-state index contributed by atoms with van der Waals surface area (Å²) < 4.78 is 38.1. The van der Waals surface area contributed by atoms with E-state index in [9.17, 15) is 13.2 Å². The molecule has 14 heavy (non-hydrogen) atoms. The lowest BCUT2D eigenvalue weighted by Gasteiger charge is -2.07. The summed E-state index contributed by atoms with van der Waals surface area (Å²) in [5.41, 5.74) is 0. The Morgan fingerprint density at radius 3 is 2.79 bits per heavy atom. The zero-order chi connectivity index (χ0) is 10.4. The van der Waals surface area contributed by atoms with Crippen LogP contribution in [-0.4, -0.2) is 19.5 Å². The van der Waals surface area contributed by atoms with Gasteiger partial charge in [-0.3, -0.25) is 4.74 Å². The summed E-state index contributed by atoms with van der Waals surface area (Å²) in [4.78, 5) is 1.09. The fourth-order valence-electron chi connectivity index (χ4n) is 0.864. The standard InChI is InChI=1S/C8H10F3NOS/c9-8(10,11)13-4-3-12-6-7-2-1-5-14-7/h1-2,5,12H,3-4,6H2. The Morgan fingerprint density at radius 1 is 1.43 bits per heavy atom. The van der Waals surface area contributed by atoms with E-state index in [1.54, 1.807) is 11.3 Å². The van der Waals surface area contributed by atoms with Crippen LogP contribution in [0.2, 0.25) is 0 Å². The molecule has 1 aromatic heterocycles. The number of halogens is 3. The second-order valence-electron chi connectivity index (χ2n) is 2.55. The van der Waals surface area contributed by atoms with Crippen molar-refractivity contribution in [3.8, 4) is 0 Å². The molecular formula is C8H10F3NOS. The second-order valence-corrected chi connectivity index (χ2v) is 3.58. The fourth-order valence-corrected chi connectivity index (χ4v) is 1.54. The van der Waals surface area contributed by atoms with Gasteiger partial charge in [-0.2, -0.15) is 0 Å². The van der Waals surface area contributed by atoms with E-state index >= 15 is 0 Å². The molecule has 0 aliphatic heterocycles. The molecule has 0 saturated heterocycles. The Labute approximate surface area is 83.7 Å². The highest BCUT2D eigenvalue weighted by Crippen LogP contribution is 2.15. The number of nitrogens with one attached hydrogen (secondary N) is 1. The summed E-state index contributed by atoms with van der Waals surface area (Å²) in [5.74, 6) is 0. The average molecular weight is 225 g/mol. The Hall–Kier alpha value is -0.590. The first-order chi connectivity index (χ1) is 6.58. The van der Waals surface area contributed by atoms with Gasteiger partial charge in [0, 0.05) is 18.0 Å². The van der Waals surface area contributed by atoms with Gasteiger partial charge < -0.3 is 5.32 Å². The predicted molar refractivity (Wildman–Crippen MR) is 48.0 cm³/mol. The summed E-state index contributed by atoms with van der Waals surface area (Å²) in [7, 11) is 0. The van der Waals surface area contributed by atoms with Crippen LogP contribution in [0.1, 0.15) is 4.88 Å². The Morgan fingerprint density at radius 2 is 2.21 bits per heavy atom. The van der Waals surface area contributed by atoms with Crippen LogP contribution in [0, 0.1) is 0 Å². The normalized spacial score (nSPS) is 11.9. The SMILES string of the molecule is FC(F)(F)OCCNCc1cccs1. The number of alkyl halides is 3. The van der Waals surface area contributed by atoms with Crippen LogP contribution < -0.4 is 5.32 Å². The Kier molecular flexibility index (Phi) is 4.37. The molecule has 6 heteroatoms. The van der Waals surface area contributed by atoms with Crippen LogP contribution in [0.5, 0.6) is 0 Å². The predicted octanol–water partition coefficient (Wildman–Crippen LogP) is 2.37. The maximum absolute atomic E-state index is 11.5. The van der Waals surface area contributed by atoms with Crippen LogP contribution in [-0.2, 0) is 11.3 Å². The molecule has 0 aliphatic carbocycles. The zero-order valence-electron chi connectivity index (χ0n) is 7.30. The number of ether oxygens (including phenoxy) is 1. The van der Waals surface area contributed by atoms with Gasteiger partial charge in [0.05, 0.1) is 6.61 Å². The van der Waals surface area contributed by atoms with Crippen molar-refractivity contribution >= 4 is 11.3 Å². The summed E-state index contributed by atoms with van der Waals surface area (Å²) >= 11 is 1.56. The molecule has 0 aromatic carbocycles. The van der Waals surface area contributed by atoms with Gasteiger partial charge in [0.15, 0.2) is 0 Å². The molecule has 0 radical (unpaired) electrons. The molecule has 0 amide bonds. The molecule has 0 bridgehead atoms. The van der Waals surface area contributed by atoms with Crippen LogP contribution >= 0.6 is 11.3 Å². The lowest BCUT2D eigenvalue weighted by molar-refractivity contribution is -0.323. The number of hydrogen-bond donors (Lipinski definition) is 1. The van der Waals surface area contributed by atoms with Crippen molar-refractivity contribution in [2.45, 2.75) is 12.9 Å². The van der Waals surface area contributed by atoms with Crippen molar-refractivity contribution in [2.24, 2.45) is 0 Å². The van der Waals surface area contributed by atoms with Crippen molar-refractivity contribution in [3.63, 3.8) is 0 Å². The molecule has 80 valence electrons. The highest BCUT2D eigenvalue weighted by Gasteiger charge is 2.28. The van der Waals surface area contributed by atoms with Gasteiger partial charge in [0.1, 0.15) is 0 Å². The van der Waals surface area contributed by atoms with Gasteiger partial charge in [-0.1, -0.05) is 6.07 Å². The first-order valence-electron chi connectivity index (χ1n) is 4.02. The van der Waals surface area contributed by atoms with Crippen molar-refractivity contribution < 1.29 is 17.9 Å². The van der Waals surface area contributed by atoms with Crippen molar-refractivity contribution in [2.75, 3.05) is 13.2 Å². The molecule has 0 saturated carbocycles. The molecule has 0 unspecified atom stereocenters. The minimum atomic E-state index is -4.52. The van der Waals surface area contributed by atoms with Crippen LogP contribution in [0.15, 0.2) is 17.5 Å². The van der Waals surface area contributed by atoms with Crippen molar-refractivity contribution in [3.05, 3.63) is 22.4 Å². The minimum absolute atomic E-state index is 0.192. The summed E-state index contributed by atoms with van der Waals surface area (Å²) in [5, 5.41) is 4.77. The van der Waals surface area contributed by atoms with Gasteiger partial charge in [-0.05, 0) is 11.4 Å². The average Bonchev–Trinajstić information content (AvgIpc) is 2.54. The monoisotopic (exact) mass is 225 g/mol. The largest absolute Gasteiger partial charge is 0.522 e. The lowest BCUT2D eigenvalue weighted by atomic mass is 10.4. The van der Waals surface area contributed by atoms with Gasteiger partial charge in [0.2, 0.25) is 0 Å². The smallest absolute Gasteiger partial charge is 0.310 e. The van der Waals surface area contributed by atoms with E-state index in [1.165, 1.54) is 0 Å². The maximum atomic E-state index is 11.5. The first-order valence-corrected chi connectivity index (χ1v) is 4.90.